The van der Waals surface area contributed by atoms with Crippen molar-refractivity contribution in [3.63, 3.8) is 0 Å². The molecule has 0 radical (unpaired) electrons. The zero-order chi connectivity index (χ0) is 22.1. The van der Waals surface area contributed by atoms with Gasteiger partial charge in [0.05, 0.1) is 6.61 Å². The van der Waals surface area contributed by atoms with E-state index >= 15 is 0 Å². The van der Waals surface area contributed by atoms with Gasteiger partial charge in [-0.3, -0.25) is 0 Å². The Morgan fingerprint density at radius 3 is 2.32 bits per heavy atom. The lowest BCUT2D eigenvalue weighted by Gasteiger charge is -2.30. The third kappa shape index (κ3) is 5.75. The summed E-state index contributed by atoms with van der Waals surface area (Å²) in [5.41, 5.74) is 2.22. The molecular formula is C28H31FO2. The smallest absolute Gasteiger partial charge is 0.165 e. The van der Waals surface area contributed by atoms with Gasteiger partial charge in [-0.25, -0.2) is 4.39 Å². The molecule has 3 rings (SSSR count). The third-order valence-electron chi connectivity index (χ3n) is 5.82. The summed E-state index contributed by atoms with van der Waals surface area (Å²) < 4.78 is 25.5. The Balaban J connectivity index is 1.68. The largest absolute Gasteiger partial charge is 0.494 e. The van der Waals surface area contributed by atoms with Crippen LogP contribution in [0.2, 0.25) is 0 Å². The molecule has 0 spiro atoms. The van der Waals surface area contributed by atoms with E-state index in [9.17, 15) is 4.39 Å². The fraction of sp³-hybridized carbons (Fsp3) is 0.286. The summed E-state index contributed by atoms with van der Waals surface area (Å²) in [4.78, 5) is 0. The molecule has 3 heteroatoms. The SMILES string of the molecule is C=CC(CC)(CCCc1ccc(F)c(Oc2ccccc2)c1)c1ccc(OCC)cc1. The van der Waals surface area contributed by atoms with Gasteiger partial charge in [-0.2, -0.15) is 0 Å². The summed E-state index contributed by atoms with van der Waals surface area (Å²) in [6.07, 6.45) is 5.81. The fourth-order valence-corrected chi connectivity index (χ4v) is 3.94. The third-order valence-corrected chi connectivity index (χ3v) is 5.82. The monoisotopic (exact) mass is 418 g/mol. The van der Waals surface area contributed by atoms with Crippen LogP contribution >= 0.6 is 0 Å². The number of ether oxygens (including phenoxy) is 2. The van der Waals surface area contributed by atoms with Crippen LogP contribution in [-0.2, 0) is 11.8 Å². The van der Waals surface area contributed by atoms with Crippen LogP contribution in [0.1, 0.15) is 44.2 Å². The molecule has 31 heavy (non-hydrogen) atoms. The second kappa shape index (κ2) is 10.8. The standard InChI is InChI=1S/C28H31FO2/c1-4-28(5-2,23-15-17-24(18-16-23)30-6-3)20-10-11-22-14-19-26(29)27(21-22)31-25-12-8-7-9-13-25/h4,7-9,12-19,21H,1,5-6,10-11,20H2,2-3H3. The topological polar surface area (TPSA) is 18.5 Å². The molecule has 0 aromatic heterocycles. The van der Waals surface area contributed by atoms with Crippen LogP contribution in [0.5, 0.6) is 17.2 Å². The minimum Gasteiger partial charge on any atom is -0.494 e. The molecule has 0 N–H and O–H groups in total. The van der Waals surface area contributed by atoms with Gasteiger partial charge in [-0.1, -0.05) is 49.4 Å². The van der Waals surface area contributed by atoms with Gasteiger partial charge in [0.25, 0.3) is 0 Å². The molecule has 0 aliphatic carbocycles. The number of rotatable bonds is 11. The highest BCUT2D eigenvalue weighted by Crippen LogP contribution is 2.36. The molecule has 0 bridgehead atoms. The van der Waals surface area contributed by atoms with E-state index in [1.807, 2.05) is 55.5 Å². The first-order valence-corrected chi connectivity index (χ1v) is 11.0. The Labute approximate surface area is 185 Å². The van der Waals surface area contributed by atoms with Crippen LogP contribution in [0.25, 0.3) is 0 Å². The highest BCUT2D eigenvalue weighted by atomic mass is 19.1. The molecule has 1 unspecified atom stereocenters. The van der Waals surface area contributed by atoms with E-state index in [0.29, 0.717) is 12.4 Å². The van der Waals surface area contributed by atoms with Crippen LogP contribution in [0.15, 0.2) is 85.5 Å². The summed E-state index contributed by atoms with van der Waals surface area (Å²) in [6.45, 7) is 8.98. The van der Waals surface area contributed by atoms with Gasteiger partial charge in [0, 0.05) is 5.41 Å². The lowest BCUT2D eigenvalue weighted by atomic mass is 9.74. The Bertz CT molecular complexity index is 966. The molecule has 0 saturated heterocycles. The second-order valence-corrected chi connectivity index (χ2v) is 7.70. The predicted octanol–water partition coefficient (Wildman–Crippen LogP) is 7.87. The van der Waals surface area contributed by atoms with Crippen molar-refractivity contribution in [2.45, 2.75) is 44.9 Å². The Morgan fingerprint density at radius 2 is 1.68 bits per heavy atom. The first-order valence-electron chi connectivity index (χ1n) is 11.0. The zero-order valence-electron chi connectivity index (χ0n) is 18.4. The number of aryl methyl sites for hydroxylation is 1. The van der Waals surface area contributed by atoms with Crippen molar-refractivity contribution in [2.75, 3.05) is 6.61 Å². The van der Waals surface area contributed by atoms with E-state index < -0.39 is 0 Å². The normalized spacial score (nSPS) is 12.7. The molecule has 0 aliphatic rings. The molecule has 162 valence electrons. The molecule has 3 aromatic rings. The first kappa shape index (κ1) is 22.6. The van der Waals surface area contributed by atoms with E-state index in [0.717, 1.165) is 37.0 Å². The van der Waals surface area contributed by atoms with Crippen molar-refractivity contribution in [1.29, 1.82) is 0 Å². The van der Waals surface area contributed by atoms with E-state index in [2.05, 4.69) is 31.7 Å². The number of halogens is 1. The number of hydrogen-bond donors (Lipinski definition) is 0. The van der Waals surface area contributed by atoms with Crippen molar-refractivity contribution >= 4 is 0 Å². The zero-order valence-corrected chi connectivity index (χ0v) is 18.4. The van der Waals surface area contributed by atoms with Crippen molar-refractivity contribution in [3.05, 3.63) is 102 Å². The predicted molar refractivity (Wildman–Crippen MR) is 126 cm³/mol. The van der Waals surface area contributed by atoms with Gasteiger partial charge in [-0.05, 0) is 80.1 Å². The average Bonchev–Trinajstić information content (AvgIpc) is 2.81. The van der Waals surface area contributed by atoms with Crippen LogP contribution in [0.4, 0.5) is 4.39 Å². The summed E-state index contributed by atoms with van der Waals surface area (Å²) in [5, 5.41) is 0. The lowest BCUT2D eigenvalue weighted by Crippen LogP contribution is -2.22. The van der Waals surface area contributed by atoms with Gasteiger partial charge in [0.1, 0.15) is 11.5 Å². The Morgan fingerprint density at radius 1 is 0.935 bits per heavy atom. The highest BCUT2D eigenvalue weighted by molar-refractivity contribution is 5.37. The fourth-order valence-electron chi connectivity index (χ4n) is 3.94. The summed E-state index contributed by atoms with van der Waals surface area (Å²) in [5.74, 6) is 1.43. The summed E-state index contributed by atoms with van der Waals surface area (Å²) >= 11 is 0. The van der Waals surface area contributed by atoms with Gasteiger partial charge >= 0.3 is 0 Å². The van der Waals surface area contributed by atoms with E-state index in [-0.39, 0.29) is 17.0 Å². The minimum atomic E-state index is -0.351. The van der Waals surface area contributed by atoms with Gasteiger partial charge in [0.2, 0.25) is 0 Å². The molecule has 0 saturated carbocycles. The summed E-state index contributed by atoms with van der Waals surface area (Å²) in [6, 6.07) is 22.8. The molecule has 0 amide bonds. The summed E-state index contributed by atoms with van der Waals surface area (Å²) in [7, 11) is 0. The van der Waals surface area contributed by atoms with Crippen LogP contribution in [0, 0.1) is 5.82 Å². The molecular weight excluding hydrogens is 387 g/mol. The van der Waals surface area contributed by atoms with Crippen molar-refractivity contribution in [1.82, 2.24) is 0 Å². The highest BCUT2D eigenvalue weighted by Gasteiger charge is 2.26. The Hall–Kier alpha value is -3.07. The van der Waals surface area contributed by atoms with Gasteiger partial charge < -0.3 is 9.47 Å². The quantitative estimate of drug-likeness (QED) is 0.295. The minimum absolute atomic E-state index is 0.0891. The van der Waals surface area contributed by atoms with Crippen LogP contribution in [-0.4, -0.2) is 6.61 Å². The number of allylic oxidation sites excluding steroid dienone is 1. The number of benzene rings is 3. The maximum atomic E-state index is 14.2. The lowest BCUT2D eigenvalue weighted by molar-refractivity contribution is 0.339. The average molecular weight is 419 g/mol. The van der Waals surface area contributed by atoms with E-state index in [1.165, 1.54) is 11.6 Å². The molecule has 0 fully saturated rings. The number of hydrogen-bond acceptors (Lipinski definition) is 2. The molecule has 0 aliphatic heterocycles. The molecule has 3 aromatic carbocycles. The van der Waals surface area contributed by atoms with Gasteiger partial charge in [0.15, 0.2) is 11.6 Å². The second-order valence-electron chi connectivity index (χ2n) is 7.70. The van der Waals surface area contributed by atoms with Crippen molar-refractivity contribution in [2.24, 2.45) is 0 Å². The van der Waals surface area contributed by atoms with Crippen LogP contribution in [0.3, 0.4) is 0 Å². The maximum Gasteiger partial charge on any atom is 0.165 e. The van der Waals surface area contributed by atoms with E-state index in [1.54, 1.807) is 6.07 Å². The number of para-hydroxylation sites is 1. The van der Waals surface area contributed by atoms with Crippen molar-refractivity contribution in [3.8, 4) is 17.2 Å². The maximum absolute atomic E-state index is 14.2. The molecule has 1 atom stereocenters. The molecule has 2 nitrogen and oxygen atoms in total. The van der Waals surface area contributed by atoms with Gasteiger partial charge in [-0.15, -0.1) is 6.58 Å². The molecule has 0 heterocycles. The van der Waals surface area contributed by atoms with E-state index in [4.69, 9.17) is 9.47 Å². The first-order chi connectivity index (χ1) is 15.1. The van der Waals surface area contributed by atoms with Crippen molar-refractivity contribution < 1.29 is 13.9 Å². The van der Waals surface area contributed by atoms with Crippen LogP contribution < -0.4 is 9.47 Å². The Kier molecular flexibility index (Phi) is 7.88.